The Hall–Kier alpha value is -3.71. The van der Waals surface area contributed by atoms with E-state index < -0.39 is 23.0 Å². The van der Waals surface area contributed by atoms with Crippen molar-refractivity contribution in [2.24, 2.45) is 0 Å². The summed E-state index contributed by atoms with van der Waals surface area (Å²) in [6.07, 6.45) is 2.94. The Morgan fingerprint density at radius 2 is 1.90 bits per heavy atom. The average Bonchev–Trinajstić information content (AvgIpc) is 3.07. The van der Waals surface area contributed by atoms with Crippen LogP contribution in [0.3, 0.4) is 0 Å². The SMILES string of the molecule is Cc1cc2c(cc1C)C1(NC(=O)c3cccnc3)C(=O)c3c(N)cccc3C1(O)O2. The number of rotatable bonds is 2. The van der Waals surface area contributed by atoms with Crippen LogP contribution in [0.1, 0.15) is 43.0 Å². The molecule has 150 valence electrons. The third-order valence-corrected chi connectivity index (χ3v) is 6.02. The fourth-order valence-electron chi connectivity index (χ4n) is 4.36. The molecule has 1 aromatic heterocycles. The number of nitrogens with one attached hydrogen (secondary N) is 1. The maximum Gasteiger partial charge on any atom is 0.271 e. The Bertz CT molecular complexity index is 1240. The smallest absolute Gasteiger partial charge is 0.271 e. The molecule has 30 heavy (non-hydrogen) atoms. The van der Waals surface area contributed by atoms with Crippen molar-refractivity contribution in [3.63, 3.8) is 0 Å². The molecule has 1 amide bonds. The number of nitrogens with zero attached hydrogens (tertiary/aromatic N) is 1. The van der Waals surface area contributed by atoms with E-state index in [1.54, 1.807) is 48.7 Å². The summed E-state index contributed by atoms with van der Waals surface area (Å²) in [6, 6.07) is 11.5. The molecule has 2 aromatic carbocycles. The zero-order chi connectivity index (χ0) is 21.3. The van der Waals surface area contributed by atoms with E-state index in [0.717, 1.165) is 11.1 Å². The van der Waals surface area contributed by atoms with Gasteiger partial charge in [-0.05, 0) is 55.3 Å². The summed E-state index contributed by atoms with van der Waals surface area (Å²) in [5.41, 5.74) is 7.29. The number of Topliss-reactive ketones (excluding diaryl/α,β-unsaturated/α-hetero) is 1. The van der Waals surface area contributed by atoms with Crippen LogP contribution in [0.25, 0.3) is 0 Å². The molecule has 2 unspecified atom stereocenters. The molecule has 0 radical (unpaired) electrons. The van der Waals surface area contributed by atoms with Gasteiger partial charge in [0.05, 0.1) is 11.1 Å². The van der Waals surface area contributed by atoms with Crippen LogP contribution in [0, 0.1) is 13.8 Å². The number of ketones is 1. The van der Waals surface area contributed by atoms with E-state index in [-0.39, 0.29) is 22.4 Å². The Morgan fingerprint density at radius 1 is 1.13 bits per heavy atom. The molecule has 0 saturated carbocycles. The van der Waals surface area contributed by atoms with Crippen LogP contribution in [0.15, 0.2) is 54.9 Å². The number of hydrogen-bond donors (Lipinski definition) is 3. The highest BCUT2D eigenvalue weighted by molar-refractivity contribution is 6.16. The van der Waals surface area contributed by atoms with Gasteiger partial charge in [0.25, 0.3) is 11.7 Å². The average molecular weight is 401 g/mol. The van der Waals surface area contributed by atoms with Gasteiger partial charge in [-0.15, -0.1) is 0 Å². The first kappa shape index (κ1) is 18.3. The van der Waals surface area contributed by atoms with Crippen LogP contribution in [-0.2, 0) is 11.3 Å². The molecule has 4 N–H and O–H groups in total. The first-order valence-electron chi connectivity index (χ1n) is 9.49. The number of pyridine rings is 1. The summed E-state index contributed by atoms with van der Waals surface area (Å²) >= 11 is 0. The van der Waals surface area contributed by atoms with Gasteiger partial charge in [-0.1, -0.05) is 12.1 Å². The number of amides is 1. The lowest BCUT2D eigenvalue weighted by Crippen LogP contribution is -2.60. The van der Waals surface area contributed by atoms with Crippen molar-refractivity contribution < 1.29 is 19.4 Å². The number of nitrogens with two attached hydrogens (primary N) is 1. The lowest BCUT2D eigenvalue weighted by atomic mass is 9.81. The number of hydrogen-bond acceptors (Lipinski definition) is 6. The second-order valence-corrected chi connectivity index (χ2v) is 7.72. The Balaban J connectivity index is 1.78. The number of benzene rings is 2. The highest BCUT2D eigenvalue weighted by atomic mass is 16.6. The molecule has 0 bridgehead atoms. The second-order valence-electron chi connectivity index (χ2n) is 7.72. The third-order valence-electron chi connectivity index (χ3n) is 6.02. The third kappa shape index (κ3) is 2.10. The molecule has 3 aromatic rings. The Morgan fingerprint density at radius 3 is 2.63 bits per heavy atom. The van der Waals surface area contributed by atoms with Gasteiger partial charge in [-0.25, -0.2) is 0 Å². The number of aryl methyl sites for hydroxylation is 2. The molecule has 0 saturated heterocycles. The first-order valence-corrected chi connectivity index (χ1v) is 9.49. The summed E-state index contributed by atoms with van der Waals surface area (Å²) in [5, 5.41) is 14.6. The van der Waals surface area contributed by atoms with Gasteiger partial charge in [0.15, 0.2) is 0 Å². The van der Waals surface area contributed by atoms with E-state index in [4.69, 9.17) is 10.5 Å². The molecular formula is C23H19N3O4. The van der Waals surface area contributed by atoms with Crippen LogP contribution in [0.5, 0.6) is 5.75 Å². The quantitative estimate of drug-likeness (QED) is 0.568. The number of aromatic nitrogens is 1. The van der Waals surface area contributed by atoms with Gasteiger partial charge >= 0.3 is 0 Å². The van der Waals surface area contributed by atoms with E-state index in [1.165, 1.54) is 6.20 Å². The minimum Gasteiger partial charge on any atom is -0.454 e. The molecule has 0 fully saturated rings. The molecule has 2 heterocycles. The molecule has 7 nitrogen and oxygen atoms in total. The van der Waals surface area contributed by atoms with Crippen molar-refractivity contribution in [1.82, 2.24) is 10.3 Å². The number of fused-ring (bicyclic) bond motifs is 5. The molecular weight excluding hydrogens is 382 g/mol. The highest BCUT2D eigenvalue weighted by Gasteiger charge is 2.72. The molecule has 0 spiro atoms. The van der Waals surface area contributed by atoms with Crippen LogP contribution in [0.4, 0.5) is 5.69 Å². The van der Waals surface area contributed by atoms with E-state index in [1.807, 2.05) is 13.8 Å². The van der Waals surface area contributed by atoms with E-state index in [2.05, 4.69) is 10.3 Å². The number of nitrogen functional groups attached to an aromatic ring is 1. The predicted molar refractivity (Wildman–Crippen MR) is 109 cm³/mol. The van der Waals surface area contributed by atoms with Crippen LogP contribution in [-0.4, -0.2) is 21.8 Å². The summed E-state index contributed by atoms with van der Waals surface area (Å²) in [5.74, 6) is -2.86. The lowest BCUT2D eigenvalue weighted by Gasteiger charge is -2.34. The monoisotopic (exact) mass is 401 g/mol. The maximum atomic E-state index is 13.8. The topological polar surface area (TPSA) is 115 Å². The van der Waals surface area contributed by atoms with Gasteiger partial charge in [0, 0.05) is 29.2 Å². The Kier molecular flexibility index (Phi) is 3.60. The number of aliphatic hydroxyl groups is 1. The molecule has 7 heteroatoms. The maximum absolute atomic E-state index is 13.8. The van der Waals surface area contributed by atoms with E-state index in [0.29, 0.717) is 11.3 Å². The van der Waals surface area contributed by atoms with Crippen molar-refractivity contribution in [2.75, 3.05) is 5.73 Å². The van der Waals surface area contributed by atoms with Gasteiger partial charge in [-0.2, -0.15) is 0 Å². The van der Waals surface area contributed by atoms with E-state index >= 15 is 0 Å². The van der Waals surface area contributed by atoms with Crippen molar-refractivity contribution in [2.45, 2.75) is 25.2 Å². The van der Waals surface area contributed by atoms with Gasteiger partial charge in [0.1, 0.15) is 5.75 Å². The van der Waals surface area contributed by atoms with Crippen LogP contribution >= 0.6 is 0 Å². The fourth-order valence-corrected chi connectivity index (χ4v) is 4.36. The first-order chi connectivity index (χ1) is 14.3. The highest BCUT2D eigenvalue weighted by Crippen LogP contribution is 2.59. The largest absolute Gasteiger partial charge is 0.454 e. The zero-order valence-electron chi connectivity index (χ0n) is 16.4. The van der Waals surface area contributed by atoms with E-state index in [9.17, 15) is 14.7 Å². The molecule has 1 aliphatic carbocycles. The predicted octanol–water partition coefficient (Wildman–Crippen LogP) is 2.34. The van der Waals surface area contributed by atoms with Gasteiger partial charge < -0.3 is 20.9 Å². The number of carbonyl (C=O) groups excluding carboxylic acids is 2. The summed E-state index contributed by atoms with van der Waals surface area (Å²) in [7, 11) is 0. The summed E-state index contributed by atoms with van der Waals surface area (Å²) in [4.78, 5) is 30.9. The molecule has 2 atom stereocenters. The van der Waals surface area contributed by atoms with Crippen LogP contribution < -0.4 is 15.8 Å². The number of ether oxygens (including phenoxy) is 1. The zero-order valence-corrected chi connectivity index (χ0v) is 16.4. The van der Waals surface area contributed by atoms with Gasteiger partial charge in [0.2, 0.25) is 11.3 Å². The van der Waals surface area contributed by atoms with Crippen molar-refractivity contribution in [1.29, 1.82) is 0 Å². The summed E-state index contributed by atoms with van der Waals surface area (Å²) < 4.78 is 6.00. The standard InChI is InChI=1S/C23H19N3O4/c1-12-9-16-18(10-13(12)2)30-23(29)15-6-3-7-17(24)19(15)20(27)22(16,23)26-21(28)14-5-4-8-25-11-14/h3-11,29H,24H2,1-2H3,(H,26,28). The molecule has 1 aliphatic heterocycles. The van der Waals surface area contributed by atoms with Gasteiger partial charge in [-0.3, -0.25) is 14.6 Å². The van der Waals surface area contributed by atoms with Crippen molar-refractivity contribution in [3.8, 4) is 5.75 Å². The second kappa shape index (κ2) is 5.90. The van der Waals surface area contributed by atoms with Crippen LogP contribution in [0.2, 0.25) is 0 Å². The summed E-state index contributed by atoms with van der Waals surface area (Å²) in [6.45, 7) is 3.80. The number of carbonyl (C=O) groups is 2. The minimum atomic E-state index is -2.13. The van der Waals surface area contributed by atoms with Crippen molar-refractivity contribution >= 4 is 17.4 Å². The minimum absolute atomic E-state index is 0.148. The fraction of sp³-hybridized carbons (Fsp3) is 0.174. The molecule has 2 aliphatic rings. The Labute approximate surface area is 172 Å². The number of anilines is 1. The normalized spacial score (nSPS) is 23.4. The lowest BCUT2D eigenvalue weighted by molar-refractivity contribution is -0.169. The molecule has 5 rings (SSSR count). The van der Waals surface area contributed by atoms with Crippen molar-refractivity contribution in [3.05, 3.63) is 88.2 Å².